The molecule has 0 N–H and O–H groups in total. The topological polar surface area (TPSA) is 44.8 Å². The van der Waals surface area contributed by atoms with Crippen LogP contribution in [0.1, 0.15) is 38.1 Å². The molecule has 0 bridgehead atoms. The number of thiol groups is 1. The highest BCUT2D eigenvalue weighted by Crippen LogP contribution is 2.30. The van der Waals surface area contributed by atoms with Crippen LogP contribution in [0.4, 0.5) is 4.39 Å². The molecule has 0 aliphatic carbocycles. The molecular weight excluding hydrogens is 306 g/mol. The van der Waals surface area contributed by atoms with Crippen LogP contribution < -0.4 is 10.2 Å². The number of carbonyl (C=O) groups excluding carboxylic acids is 1. The first kappa shape index (κ1) is 18.8. The Morgan fingerprint density at radius 2 is 1.82 bits per heavy atom. The van der Waals surface area contributed by atoms with E-state index in [4.69, 9.17) is 9.39 Å². The first-order chi connectivity index (χ1) is 10.0. The smallest absolute Gasteiger partial charge is 0.341 e. The van der Waals surface area contributed by atoms with Gasteiger partial charge in [-0.1, -0.05) is 6.07 Å². The molecule has 1 aromatic carbocycles. The minimum atomic E-state index is -0.682. The molecule has 0 saturated carbocycles. The van der Waals surface area contributed by atoms with Crippen molar-refractivity contribution in [3.63, 3.8) is 0 Å². The summed E-state index contributed by atoms with van der Waals surface area (Å²) in [5.74, 6) is -1.52. The van der Waals surface area contributed by atoms with Gasteiger partial charge >= 0.3 is 13.5 Å². The summed E-state index contributed by atoms with van der Waals surface area (Å²) in [6.07, 6.45) is 0. The summed E-state index contributed by atoms with van der Waals surface area (Å²) in [6, 6.07) is 2.87. The van der Waals surface area contributed by atoms with Crippen molar-refractivity contribution in [2.45, 2.75) is 38.0 Å². The molecule has 1 rings (SSSR count). The number of hydrogen-bond acceptors (Lipinski definition) is 5. The second kappa shape index (κ2) is 6.92. The van der Waals surface area contributed by atoms with Gasteiger partial charge in [-0.15, -0.1) is 0 Å². The lowest BCUT2D eigenvalue weighted by Gasteiger charge is -2.38. The Hall–Kier alpha value is -1.21. The van der Waals surface area contributed by atoms with Crippen LogP contribution in [0.2, 0.25) is 0 Å². The molecule has 0 aliphatic rings. The zero-order valence-corrected chi connectivity index (χ0v) is 14.6. The Balaban J connectivity index is 3.06. The van der Waals surface area contributed by atoms with Crippen LogP contribution in [0.15, 0.2) is 12.1 Å². The molecule has 0 heterocycles. The fourth-order valence-corrected chi connectivity index (χ4v) is 1.54. The van der Waals surface area contributed by atoms with E-state index in [9.17, 15) is 9.18 Å². The van der Waals surface area contributed by atoms with E-state index in [1.807, 2.05) is 27.7 Å². The van der Waals surface area contributed by atoms with E-state index in [1.54, 1.807) is 0 Å². The molecule has 22 heavy (non-hydrogen) atoms. The zero-order chi connectivity index (χ0) is 17.1. The molecule has 121 valence electrons. The molecule has 0 saturated heterocycles. The highest BCUT2D eigenvalue weighted by Gasteiger charge is 2.35. The summed E-state index contributed by atoms with van der Waals surface area (Å²) in [5, 5.41) is 0. The molecular formula is C15H21BFO4S. The van der Waals surface area contributed by atoms with Crippen LogP contribution in [0.3, 0.4) is 0 Å². The van der Waals surface area contributed by atoms with E-state index in [1.165, 1.54) is 33.8 Å². The van der Waals surface area contributed by atoms with Gasteiger partial charge in [-0.2, -0.15) is 12.6 Å². The number of halogens is 1. The van der Waals surface area contributed by atoms with Gasteiger partial charge in [-0.05, 0) is 39.2 Å². The Bertz CT molecular complexity index is 555. The molecule has 0 aliphatic heterocycles. The van der Waals surface area contributed by atoms with Crippen molar-refractivity contribution >= 4 is 31.5 Å². The normalized spacial score (nSPS) is 12.0. The van der Waals surface area contributed by atoms with Crippen molar-refractivity contribution in [1.29, 1.82) is 0 Å². The maximum atomic E-state index is 14.4. The third kappa shape index (κ3) is 3.95. The Kier molecular flexibility index (Phi) is 5.92. The second-order valence-electron chi connectivity index (χ2n) is 5.85. The number of rotatable bonds is 6. The van der Waals surface area contributed by atoms with Gasteiger partial charge in [0.05, 0.1) is 19.8 Å². The summed E-state index contributed by atoms with van der Waals surface area (Å²) in [6.45, 7) is 7.52. The number of methoxy groups -OCH3 is 2. The highest BCUT2D eigenvalue weighted by atomic mass is 32.1. The molecule has 0 unspecified atom stereocenters. The average molecular weight is 327 g/mol. The maximum Gasteiger partial charge on any atom is 0.341 e. The Labute approximate surface area is 137 Å². The predicted octanol–water partition coefficient (Wildman–Crippen LogP) is 2.37. The van der Waals surface area contributed by atoms with E-state index in [2.05, 4.69) is 17.4 Å². The quantitative estimate of drug-likeness (QED) is 0.495. The minimum absolute atomic E-state index is 0.0217. The lowest BCUT2D eigenvalue weighted by molar-refractivity contribution is 0.0596. The zero-order valence-electron chi connectivity index (χ0n) is 13.7. The number of benzene rings is 1. The van der Waals surface area contributed by atoms with Crippen LogP contribution in [0, 0.1) is 5.82 Å². The monoisotopic (exact) mass is 327 g/mol. The molecule has 0 atom stereocenters. The fourth-order valence-electron chi connectivity index (χ4n) is 1.49. The third-order valence-corrected chi connectivity index (χ3v) is 4.23. The van der Waals surface area contributed by atoms with Gasteiger partial charge in [0.25, 0.3) is 0 Å². The van der Waals surface area contributed by atoms with E-state index in [0.29, 0.717) is 0 Å². The molecule has 7 heteroatoms. The summed E-state index contributed by atoms with van der Waals surface area (Å²) in [4.78, 5) is 11.6. The van der Waals surface area contributed by atoms with Crippen molar-refractivity contribution in [1.82, 2.24) is 0 Å². The summed E-state index contributed by atoms with van der Waals surface area (Å²) < 4.78 is 29.2. The van der Waals surface area contributed by atoms with Crippen LogP contribution in [0.25, 0.3) is 0 Å². The summed E-state index contributed by atoms with van der Waals surface area (Å²) >= 11 is 4.48. The lowest BCUT2D eigenvalue weighted by atomic mass is 9.83. The first-order valence-electron chi connectivity index (χ1n) is 6.73. The summed E-state index contributed by atoms with van der Waals surface area (Å²) in [7, 11) is 3.81. The average Bonchev–Trinajstić information content (AvgIpc) is 2.43. The second-order valence-corrected chi connectivity index (χ2v) is 6.96. The van der Waals surface area contributed by atoms with Gasteiger partial charge in [0.1, 0.15) is 5.56 Å². The van der Waals surface area contributed by atoms with Crippen molar-refractivity contribution in [2.24, 2.45) is 0 Å². The van der Waals surface area contributed by atoms with Gasteiger partial charge in [0.15, 0.2) is 11.6 Å². The van der Waals surface area contributed by atoms with Crippen LogP contribution in [-0.4, -0.2) is 38.0 Å². The number of hydrogen-bond donors (Lipinski definition) is 1. The predicted molar refractivity (Wildman–Crippen MR) is 87.9 cm³/mol. The van der Waals surface area contributed by atoms with Crippen molar-refractivity contribution in [3.05, 3.63) is 23.5 Å². The molecule has 1 aromatic rings. The van der Waals surface area contributed by atoms with Crippen LogP contribution in [0.5, 0.6) is 5.75 Å². The van der Waals surface area contributed by atoms with E-state index in [0.717, 1.165) is 0 Å². The van der Waals surface area contributed by atoms with Gasteiger partial charge in [-0.25, -0.2) is 9.18 Å². The largest absolute Gasteiger partial charge is 0.493 e. The van der Waals surface area contributed by atoms with E-state index < -0.39 is 22.1 Å². The van der Waals surface area contributed by atoms with Gasteiger partial charge in [-0.3, -0.25) is 0 Å². The van der Waals surface area contributed by atoms with Crippen molar-refractivity contribution in [2.75, 3.05) is 14.2 Å². The van der Waals surface area contributed by atoms with Crippen LogP contribution >= 0.6 is 12.6 Å². The lowest BCUT2D eigenvalue weighted by Crippen LogP contribution is -2.46. The van der Waals surface area contributed by atoms with E-state index in [-0.39, 0.29) is 16.8 Å². The number of ether oxygens (including phenoxy) is 2. The molecule has 0 aromatic heterocycles. The fraction of sp³-hybridized carbons (Fsp3) is 0.533. The molecule has 0 fully saturated rings. The number of esters is 1. The molecule has 0 amide bonds. The number of carbonyl (C=O) groups is 1. The molecule has 4 nitrogen and oxygen atoms in total. The Morgan fingerprint density at radius 3 is 2.27 bits per heavy atom. The van der Waals surface area contributed by atoms with Crippen molar-refractivity contribution in [3.8, 4) is 5.75 Å². The highest BCUT2D eigenvalue weighted by molar-refractivity contribution is 7.81. The Morgan fingerprint density at radius 1 is 1.23 bits per heavy atom. The van der Waals surface area contributed by atoms with Gasteiger partial charge < -0.3 is 14.1 Å². The van der Waals surface area contributed by atoms with Crippen molar-refractivity contribution < 1.29 is 23.3 Å². The minimum Gasteiger partial charge on any atom is -0.493 e. The van der Waals surface area contributed by atoms with Gasteiger partial charge in [0.2, 0.25) is 0 Å². The maximum absolute atomic E-state index is 14.4. The summed E-state index contributed by atoms with van der Waals surface area (Å²) in [5.41, 5.74) is -0.430. The van der Waals surface area contributed by atoms with E-state index >= 15 is 0 Å². The van der Waals surface area contributed by atoms with Gasteiger partial charge in [0, 0.05) is 4.75 Å². The standard InChI is InChI=1S/C15H21BFO4S/c1-14(2,15(3,4)22)21-16-10-8-7-9(13(18)20-6)12(19-5)11(10)17/h7-8,22H,1-6H3. The van der Waals surface area contributed by atoms with Crippen LogP contribution in [-0.2, 0) is 9.39 Å². The third-order valence-electron chi connectivity index (χ3n) is 3.69. The SMILES string of the molecule is COC(=O)c1ccc([B]OC(C)(C)C(C)(C)S)c(F)c1OC. The first-order valence-corrected chi connectivity index (χ1v) is 7.18. The molecule has 0 spiro atoms. The molecule has 1 radical (unpaired) electrons.